The maximum atomic E-state index is 11.0. The van der Waals surface area contributed by atoms with E-state index in [4.69, 9.17) is 0 Å². The molecule has 0 unspecified atom stereocenters. The molecule has 1 aromatic rings. The Morgan fingerprint density at radius 2 is 2.29 bits per heavy atom. The average molecular weight is 253 g/mol. The number of phenols is 1. The first-order valence-electron chi connectivity index (χ1n) is 4.04. The minimum absolute atomic E-state index is 0.0149. The van der Waals surface area contributed by atoms with E-state index in [-0.39, 0.29) is 11.5 Å². The van der Waals surface area contributed by atoms with Crippen LogP contribution in [0.25, 0.3) is 0 Å². The summed E-state index contributed by atoms with van der Waals surface area (Å²) in [4.78, 5) is 11.0. The van der Waals surface area contributed by atoms with Crippen molar-refractivity contribution in [3.05, 3.63) is 29.3 Å². The van der Waals surface area contributed by atoms with Gasteiger partial charge in [-0.15, -0.1) is 0 Å². The van der Waals surface area contributed by atoms with Crippen molar-refractivity contribution in [1.82, 2.24) is 0 Å². The first kappa shape index (κ1) is 10.8. The van der Waals surface area contributed by atoms with Gasteiger partial charge in [0.15, 0.2) is 5.78 Å². The quantitative estimate of drug-likeness (QED) is 0.474. The fourth-order valence-electron chi connectivity index (χ4n) is 1.04. The number of hydrogen-bond acceptors (Lipinski definition) is 2. The first-order chi connectivity index (χ1) is 6.65. The summed E-state index contributed by atoms with van der Waals surface area (Å²) < 4.78 is 0. The van der Waals surface area contributed by atoms with Crippen LogP contribution in [-0.2, 0) is 0 Å². The number of rotatable bonds is 1. The van der Waals surface area contributed by atoms with Gasteiger partial charge in [-0.2, -0.15) is 0 Å². The van der Waals surface area contributed by atoms with Gasteiger partial charge in [-0.25, -0.2) is 0 Å². The molecule has 0 spiro atoms. The maximum absolute atomic E-state index is 11.0. The van der Waals surface area contributed by atoms with E-state index in [2.05, 4.69) is 27.8 Å². The molecule has 3 heteroatoms. The fourth-order valence-corrected chi connectivity index (χ4v) is 1.18. The Bertz CT molecular complexity index is 413. The molecule has 0 atom stereocenters. The van der Waals surface area contributed by atoms with Crippen LogP contribution in [0.5, 0.6) is 5.75 Å². The number of phenolic OH excluding ortho intramolecular Hbond substituents is 1. The topological polar surface area (TPSA) is 37.3 Å². The van der Waals surface area contributed by atoms with Crippen molar-refractivity contribution in [3.63, 3.8) is 0 Å². The molecule has 1 N–H and O–H groups in total. The molecular formula is C11H9BrO2. The van der Waals surface area contributed by atoms with Crippen LogP contribution < -0.4 is 0 Å². The molecule has 0 aliphatic heterocycles. The lowest BCUT2D eigenvalue weighted by Gasteiger charge is -1.99. The Morgan fingerprint density at radius 1 is 1.57 bits per heavy atom. The third-order valence-electron chi connectivity index (χ3n) is 1.68. The number of alkyl halides is 1. The number of carbonyl (C=O) groups excluding carboxylic acids is 1. The number of carbonyl (C=O) groups is 1. The molecule has 0 aliphatic rings. The monoisotopic (exact) mass is 252 g/mol. The lowest BCUT2D eigenvalue weighted by molar-refractivity contribution is 0.101. The Balaban J connectivity index is 3.06. The van der Waals surface area contributed by atoms with E-state index in [1.807, 2.05) is 0 Å². The summed E-state index contributed by atoms with van der Waals surface area (Å²) in [7, 11) is 0. The maximum Gasteiger partial charge on any atom is 0.163 e. The van der Waals surface area contributed by atoms with Crippen LogP contribution in [0.2, 0.25) is 0 Å². The molecule has 1 rings (SSSR count). The molecule has 0 heterocycles. The van der Waals surface area contributed by atoms with Crippen LogP contribution >= 0.6 is 15.9 Å². The largest absolute Gasteiger partial charge is 0.507 e. The molecule has 0 saturated carbocycles. The smallest absolute Gasteiger partial charge is 0.163 e. The van der Waals surface area contributed by atoms with Crippen LogP contribution in [0, 0.1) is 11.8 Å². The fraction of sp³-hybridized carbons (Fsp3) is 0.182. The lowest BCUT2D eigenvalue weighted by atomic mass is 10.1. The van der Waals surface area contributed by atoms with E-state index in [1.54, 1.807) is 12.1 Å². The SMILES string of the molecule is CC(=O)c1ccc(C#CCBr)cc1O. The number of Topliss-reactive ketones (excluding diaryl/α,β-unsaturated/α-hetero) is 1. The highest BCUT2D eigenvalue weighted by Gasteiger charge is 2.05. The van der Waals surface area contributed by atoms with Crippen molar-refractivity contribution in [2.24, 2.45) is 0 Å². The average Bonchev–Trinajstić information content (AvgIpc) is 2.14. The van der Waals surface area contributed by atoms with Gasteiger partial charge in [0.2, 0.25) is 0 Å². The zero-order valence-electron chi connectivity index (χ0n) is 7.67. The summed E-state index contributed by atoms with van der Waals surface area (Å²) >= 11 is 3.17. The molecule has 1 aromatic carbocycles. The standard InChI is InChI=1S/C11H9BrO2/c1-8(13)10-5-4-9(3-2-6-12)7-11(10)14/h4-5,7,14H,6H2,1H3. The number of halogens is 1. The molecule has 0 aliphatic carbocycles. The van der Waals surface area contributed by atoms with Gasteiger partial charge < -0.3 is 5.11 Å². The molecule has 2 nitrogen and oxygen atoms in total. The van der Waals surface area contributed by atoms with E-state index in [9.17, 15) is 9.90 Å². The Hall–Kier alpha value is -1.27. The van der Waals surface area contributed by atoms with Crippen LogP contribution in [0.1, 0.15) is 22.8 Å². The van der Waals surface area contributed by atoms with Gasteiger partial charge in [0.05, 0.1) is 10.9 Å². The molecule has 0 amide bonds. The van der Waals surface area contributed by atoms with Crippen molar-refractivity contribution in [2.45, 2.75) is 6.92 Å². The molecular weight excluding hydrogens is 244 g/mol. The lowest BCUT2D eigenvalue weighted by Crippen LogP contribution is -1.92. The second-order valence-electron chi connectivity index (χ2n) is 2.72. The number of hydrogen-bond donors (Lipinski definition) is 1. The van der Waals surface area contributed by atoms with E-state index < -0.39 is 0 Å². The van der Waals surface area contributed by atoms with Gasteiger partial charge in [0, 0.05) is 5.56 Å². The number of benzene rings is 1. The van der Waals surface area contributed by atoms with Crippen molar-refractivity contribution in [1.29, 1.82) is 0 Å². The van der Waals surface area contributed by atoms with Crippen molar-refractivity contribution < 1.29 is 9.90 Å². The minimum atomic E-state index is -0.150. The molecule has 0 aromatic heterocycles. The van der Waals surface area contributed by atoms with Gasteiger partial charge in [0.25, 0.3) is 0 Å². The zero-order valence-corrected chi connectivity index (χ0v) is 9.26. The van der Waals surface area contributed by atoms with E-state index >= 15 is 0 Å². The van der Waals surface area contributed by atoms with Gasteiger partial charge in [-0.3, -0.25) is 4.79 Å². The summed E-state index contributed by atoms with van der Waals surface area (Å²) in [6.45, 7) is 1.42. The van der Waals surface area contributed by atoms with E-state index in [1.165, 1.54) is 13.0 Å². The predicted molar refractivity (Wildman–Crippen MR) is 58.8 cm³/mol. The molecule has 0 bridgehead atoms. The second-order valence-corrected chi connectivity index (χ2v) is 3.28. The van der Waals surface area contributed by atoms with Crippen LogP contribution in [0.4, 0.5) is 0 Å². The minimum Gasteiger partial charge on any atom is -0.507 e. The van der Waals surface area contributed by atoms with Crippen molar-refractivity contribution in [3.8, 4) is 17.6 Å². The van der Waals surface area contributed by atoms with Crippen LogP contribution in [0.3, 0.4) is 0 Å². The third-order valence-corrected chi connectivity index (χ3v) is 1.96. The zero-order chi connectivity index (χ0) is 10.6. The summed E-state index contributed by atoms with van der Waals surface area (Å²) in [5, 5.41) is 10.0. The summed E-state index contributed by atoms with van der Waals surface area (Å²) in [5.41, 5.74) is 1.03. The molecule has 0 saturated heterocycles. The third kappa shape index (κ3) is 2.61. The van der Waals surface area contributed by atoms with Crippen molar-refractivity contribution in [2.75, 3.05) is 5.33 Å². The summed E-state index contributed by atoms with van der Waals surface area (Å²) in [6.07, 6.45) is 0. The Morgan fingerprint density at radius 3 is 2.79 bits per heavy atom. The number of ketones is 1. The van der Waals surface area contributed by atoms with Crippen molar-refractivity contribution >= 4 is 21.7 Å². The van der Waals surface area contributed by atoms with Crippen LogP contribution in [0.15, 0.2) is 18.2 Å². The first-order valence-corrected chi connectivity index (χ1v) is 5.16. The molecule has 0 fully saturated rings. The Labute approximate surface area is 91.1 Å². The molecule has 72 valence electrons. The van der Waals surface area contributed by atoms with Gasteiger partial charge in [-0.05, 0) is 25.1 Å². The Kier molecular flexibility index (Phi) is 3.73. The van der Waals surface area contributed by atoms with Gasteiger partial charge in [-0.1, -0.05) is 27.8 Å². The van der Waals surface area contributed by atoms with Gasteiger partial charge >= 0.3 is 0 Å². The highest BCUT2D eigenvalue weighted by molar-refractivity contribution is 9.09. The summed E-state index contributed by atoms with van der Waals surface area (Å²) in [5.74, 6) is 5.48. The highest BCUT2D eigenvalue weighted by Crippen LogP contribution is 2.18. The highest BCUT2D eigenvalue weighted by atomic mass is 79.9. The normalized spacial score (nSPS) is 9.00. The predicted octanol–water partition coefficient (Wildman–Crippen LogP) is 2.34. The van der Waals surface area contributed by atoms with E-state index in [0.29, 0.717) is 16.5 Å². The number of aromatic hydroxyl groups is 1. The van der Waals surface area contributed by atoms with Gasteiger partial charge in [0.1, 0.15) is 5.75 Å². The molecule has 0 radical (unpaired) electrons. The second kappa shape index (κ2) is 4.83. The van der Waals surface area contributed by atoms with Crippen LogP contribution in [-0.4, -0.2) is 16.2 Å². The van der Waals surface area contributed by atoms with E-state index in [0.717, 1.165) is 0 Å². The molecule has 14 heavy (non-hydrogen) atoms. The summed E-state index contributed by atoms with van der Waals surface area (Å²) in [6, 6.07) is 4.79.